The van der Waals surface area contributed by atoms with Gasteiger partial charge in [0, 0.05) is 11.5 Å². The van der Waals surface area contributed by atoms with E-state index in [0.717, 1.165) is 25.7 Å². The van der Waals surface area contributed by atoms with Gasteiger partial charge in [0.1, 0.15) is 5.60 Å². The quantitative estimate of drug-likeness (QED) is 0.839. The van der Waals surface area contributed by atoms with Crippen molar-refractivity contribution in [2.24, 2.45) is 5.92 Å². The van der Waals surface area contributed by atoms with Gasteiger partial charge in [-0.15, -0.1) is 0 Å². The molecule has 4 nitrogen and oxygen atoms in total. The van der Waals surface area contributed by atoms with Crippen LogP contribution in [0.25, 0.3) is 0 Å². The molecule has 0 spiro atoms. The predicted octanol–water partition coefficient (Wildman–Crippen LogP) is 4.41. The van der Waals surface area contributed by atoms with E-state index in [-0.39, 0.29) is 11.7 Å². The lowest BCUT2D eigenvalue weighted by Crippen LogP contribution is -2.28. The second-order valence-corrected chi connectivity index (χ2v) is 6.52. The van der Waals surface area contributed by atoms with Gasteiger partial charge in [0.2, 0.25) is 0 Å². The molecule has 114 valence electrons. The molecule has 1 aliphatic rings. The number of anilines is 1. The summed E-state index contributed by atoms with van der Waals surface area (Å²) >= 11 is 0. The Morgan fingerprint density at radius 3 is 2.38 bits per heavy atom. The van der Waals surface area contributed by atoms with Crippen LogP contribution in [-0.2, 0) is 4.74 Å². The van der Waals surface area contributed by atoms with Crippen LogP contribution in [0.4, 0.5) is 10.5 Å². The normalized spacial score (nSPS) is 15.8. The minimum Gasteiger partial charge on any atom is -0.444 e. The van der Waals surface area contributed by atoms with E-state index in [1.807, 2.05) is 26.8 Å². The summed E-state index contributed by atoms with van der Waals surface area (Å²) in [6.07, 6.45) is 3.57. The van der Waals surface area contributed by atoms with Gasteiger partial charge in [-0.05, 0) is 45.7 Å². The molecule has 1 aromatic carbocycles. The average molecular weight is 289 g/mol. The monoisotopic (exact) mass is 289 g/mol. The van der Waals surface area contributed by atoms with E-state index >= 15 is 0 Å². The number of ether oxygens (including phenoxy) is 1. The van der Waals surface area contributed by atoms with Crippen molar-refractivity contribution in [3.05, 3.63) is 29.8 Å². The molecule has 0 radical (unpaired) electrons. The lowest BCUT2D eigenvalue weighted by molar-refractivity contribution is 0.0636. The molecule has 0 heterocycles. The fraction of sp³-hybridized carbons (Fsp3) is 0.529. The smallest absolute Gasteiger partial charge is 0.412 e. The van der Waals surface area contributed by atoms with E-state index in [9.17, 15) is 9.59 Å². The van der Waals surface area contributed by atoms with Crippen molar-refractivity contribution < 1.29 is 14.3 Å². The van der Waals surface area contributed by atoms with Crippen molar-refractivity contribution >= 4 is 17.6 Å². The number of benzene rings is 1. The van der Waals surface area contributed by atoms with Gasteiger partial charge in [0.15, 0.2) is 5.78 Å². The van der Waals surface area contributed by atoms with Gasteiger partial charge in [-0.2, -0.15) is 0 Å². The number of ketones is 1. The Morgan fingerprint density at radius 2 is 1.76 bits per heavy atom. The van der Waals surface area contributed by atoms with Crippen LogP contribution in [0.2, 0.25) is 0 Å². The first-order valence-electron chi connectivity index (χ1n) is 7.50. The maximum atomic E-state index is 12.5. The highest BCUT2D eigenvalue weighted by atomic mass is 16.6. The summed E-state index contributed by atoms with van der Waals surface area (Å²) in [7, 11) is 0. The van der Waals surface area contributed by atoms with Crippen LogP contribution in [0, 0.1) is 5.92 Å². The molecule has 1 fully saturated rings. The van der Waals surface area contributed by atoms with E-state index in [1.54, 1.807) is 18.2 Å². The Hall–Kier alpha value is -1.84. The first kappa shape index (κ1) is 15.5. The van der Waals surface area contributed by atoms with Gasteiger partial charge in [-0.25, -0.2) is 4.79 Å². The first-order chi connectivity index (χ1) is 9.87. The van der Waals surface area contributed by atoms with Crippen molar-refractivity contribution in [2.45, 2.75) is 52.1 Å². The van der Waals surface area contributed by atoms with Crippen molar-refractivity contribution in [3.63, 3.8) is 0 Å². The third-order valence-corrected chi connectivity index (χ3v) is 3.55. The van der Waals surface area contributed by atoms with E-state index in [0.29, 0.717) is 11.3 Å². The summed E-state index contributed by atoms with van der Waals surface area (Å²) in [6.45, 7) is 5.42. The van der Waals surface area contributed by atoms with Gasteiger partial charge in [0.25, 0.3) is 0 Å². The highest BCUT2D eigenvalue weighted by Gasteiger charge is 2.26. The Morgan fingerprint density at radius 1 is 1.14 bits per heavy atom. The fourth-order valence-corrected chi connectivity index (χ4v) is 2.63. The number of hydrogen-bond donors (Lipinski definition) is 1. The van der Waals surface area contributed by atoms with Crippen LogP contribution in [-0.4, -0.2) is 17.5 Å². The molecular formula is C17H23NO3. The molecule has 1 saturated carbocycles. The number of Topliss-reactive ketones (excluding diaryl/α,β-unsaturated/α-hetero) is 1. The maximum Gasteiger partial charge on any atom is 0.412 e. The summed E-state index contributed by atoms with van der Waals surface area (Å²) < 4.78 is 5.24. The first-order valence-corrected chi connectivity index (χ1v) is 7.50. The zero-order chi connectivity index (χ0) is 15.5. The van der Waals surface area contributed by atoms with Crippen LogP contribution in [0.3, 0.4) is 0 Å². The summed E-state index contributed by atoms with van der Waals surface area (Å²) in [4.78, 5) is 24.4. The van der Waals surface area contributed by atoms with Crippen LogP contribution >= 0.6 is 0 Å². The molecule has 2 rings (SSSR count). The Balaban J connectivity index is 2.13. The molecular weight excluding hydrogens is 266 g/mol. The van der Waals surface area contributed by atoms with Crippen molar-refractivity contribution in [3.8, 4) is 0 Å². The molecule has 1 amide bonds. The molecule has 0 aromatic heterocycles. The minimum atomic E-state index is -0.561. The molecule has 0 atom stereocenters. The summed E-state index contributed by atoms with van der Waals surface area (Å²) in [5.41, 5.74) is 0.549. The zero-order valence-electron chi connectivity index (χ0n) is 12.9. The predicted molar refractivity (Wildman–Crippen MR) is 82.6 cm³/mol. The molecule has 0 unspecified atom stereocenters. The van der Waals surface area contributed by atoms with Crippen LogP contribution in [0.15, 0.2) is 24.3 Å². The van der Waals surface area contributed by atoms with Crippen LogP contribution < -0.4 is 5.32 Å². The molecule has 4 heteroatoms. The number of carbonyl (C=O) groups is 2. The number of amides is 1. The summed E-state index contributed by atoms with van der Waals surface area (Å²) in [6, 6.07) is 7.14. The minimum absolute atomic E-state index is 0.0894. The van der Waals surface area contributed by atoms with Crippen molar-refractivity contribution in [2.75, 3.05) is 5.32 Å². The van der Waals surface area contributed by atoms with E-state index in [2.05, 4.69) is 5.32 Å². The number of nitrogens with one attached hydrogen (secondary N) is 1. The third-order valence-electron chi connectivity index (χ3n) is 3.55. The van der Waals surface area contributed by atoms with Crippen LogP contribution in [0.5, 0.6) is 0 Å². The Labute approximate surface area is 125 Å². The fourth-order valence-electron chi connectivity index (χ4n) is 2.63. The van der Waals surface area contributed by atoms with Crippen molar-refractivity contribution in [1.82, 2.24) is 0 Å². The summed E-state index contributed by atoms with van der Waals surface area (Å²) in [5.74, 6) is 0.214. The molecule has 0 bridgehead atoms. The third kappa shape index (κ3) is 4.31. The number of para-hydroxylation sites is 1. The topological polar surface area (TPSA) is 55.4 Å². The second kappa shape index (κ2) is 6.29. The molecule has 1 aliphatic carbocycles. The van der Waals surface area contributed by atoms with Gasteiger partial charge in [0.05, 0.1) is 5.69 Å². The average Bonchev–Trinajstić information content (AvgIpc) is 2.90. The van der Waals surface area contributed by atoms with Gasteiger partial charge < -0.3 is 4.74 Å². The zero-order valence-corrected chi connectivity index (χ0v) is 12.9. The SMILES string of the molecule is CC(C)(C)OC(=O)Nc1ccccc1C(=O)C1CCCC1. The second-order valence-electron chi connectivity index (χ2n) is 6.52. The molecule has 21 heavy (non-hydrogen) atoms. The molecule has 1 N–H and O–H groups in total. The maximum absolute atomic E-state index is 12.5. The standard InChI is InChI=1S/C17H23NO3/c1-17(2,3)21-16(20)18-14-11-7-6-10-13(14)15(19)12-8-4-5-9-12/h6-7,10-12H,4-5,8-9H2,1-3H3,(H,18,20). The highest BCUT2D eigenvalue weighted by molar-refractivity contribution is 6.05. The lowest BCUT2D eigenvalue weighted by atomic mass is 9.95. The molecule has 1 aromatic rings. The van der Waals surface area contributed by atoms with E-state index in [4.69, 9.17) is 4.74 Å². The Bertz CT molecular complexity index is 525. The highest BCUT2D eigenvalue weighted by Crippen LogP contribution is 2.30. The largest absolute Gasteiger partial charge is 0.444 e. The molecule has 0 saturated heterocycles. The lowest BCUT2D eigenvalue weighted by Gasteiger charge is -2.20. The van der Waals surface area contributed by atoms with E-state index < -0.39 is 11.7 Å². The number of hydrogen-bond acceptors (Lipinski definition) is 3. The Kier molecular flexibility index (Phi) is 4.66. The van der Waals surface area contributed by atoms with Gasteiger partial charge >= 0.3 is 6.09 Å². The van der Waals surface area contributed by atoms with Crippen molar-refractivity contribution in [1.29, 1.82) is 0 Å². The van der Waals surface area contributed by atoms with Gasteiger partial charge in [-0.3, -0.25) is 10.1 Å². The molecule has 0 aliphatic heterocycles. The number of carbonyl (C=O) groups excluding carboxylic acids is 2. The van der Waals surface area contributed by atoms with E-state index in [1.165, 1.54) is 0 Å². The summed E-state index contributed by atoms with van der Waals surface area (Å²) in [5, 5.41) is 2.69. The van der Waals surface area contributed by atoms with Gasteiger partial charge in [-0.1, -0.05) is 25.0 Å². The van der Waals surface area contributed by atoms with Crippen LogP contribution in [0.1, 0.15) is 56.8 Å². The number of rotatable bonds is 3.